The van der Waals surface area contributed by atoms with Gasteiger partial charge in [0.05, 0.1) is 12.9 Å². The predicted molar refractivity (Wildman–Crippen MR) is 55.8 cm³/mol. The predicted octanol–water partition coefficient (Wildman–Crippen LogP) is 2.12. The van der Waals surface area contributed by atoms with Crippen molar-refractivity contribution in [1.29, 1.82) is 0 Å². The summed E-state index contributed by atoms with van der Waals surface area (Å²) in [6, 6.07) is 5.30. The van der Waals surface area contributed by atoms with Gasteiger partial charge in [0.2, 0.25) is 0 Å². The summed E-state index contributed by atoms with van der Waals surface area (Å²) in [6.07, 6.45) is 1.02. The molecule has 14 heavy (non-hydrogen) atoms. The van der Waals surface area contributed by atoms with Crippen molar-refractivity contribution >= 4 is 21.7 Å². The van der Waals surface area contributed by atoms with E-state index in [2.05, 4.69) is 4.18 Å². The lowest BCUT2D eigenvalue weighted by Gasteiger charge is -2.03. The van der Waals surface area contributed by atoms with Crippen molar-refractivity contribution in [3.05, 3.63) is 34.3 Å². The third-order valence-electron chi connectivity index (χ3n) is 1.68. The van der Waals surface area contributed by atoms with E-state index in [9.17, 15) is 8.42 Å². The van der Waals surface area contributed by atoms with Gasteiger partial charge in [0.1, 0.15) is 0 Å². The minimum absolute atomic E-state index is 0.0266. The Balaban J connectivity index is 2.74. The van der Waals surface area contributed by atoms with Gasteiger partial charge in [-0.3, -0.25) is 4.18 Å². The van der Waals surface area contributed by atoms with Gasteiger partial charge in [-0.15, -0.1) is 0 Å². The van der Waals surface area contributed by atoms with E-state index in [-0.39, 0.29) is 6.61 Å². The molecule has 0 bridgehead atoms. The highest BCUT2D eigenvalue weighted by atomic mass is 35.5. The molecule has 0 heterocycles. The lowest BCUT2D eigenvalue weighted by Crippen LogP contribution is -2.02. The fourth-order valence-corrected chi connectivity index (χ4v) is 1.45. The highest BCUT2D eigenvalue weighted by Crippen LogP contribution is 2.17. The van der Waals surface area contributed by atoms with E-state index in [1.165, 1.54) is 0 Å². The molecule has 0 saturated carbocycles. The van der Waals surface area contributed by atoms with Crippen LogP contribution in [-0.2, 0) is 20.9 Å². The molecule has 0 radical (unpaired) electrons. The number of halogens is 1. The van der Waals surface area contributed by atoms with E-state index >= 15 is 0 Å². The Morgan fingerprint density at radius 2 is 2.07 bits per heavy atom. The topological polar surface area (TPSA) is 43.4 Å². The lowest BCUT2D eigenvalue weighted by molar-refractivity contribution is 0.311. The summed E-state index contributed by atoms with van der Waals surface area (Å²) in [5.74, 6) is 0. The molecule has 0 atom stereocenters. The Labute approximate surface area is 88.8 Å². The maximum Gasteiger partial charge on any atom is 0.264 e. The first-order valence-electron chi connectivity index (χ1n) is 3.98. The quantitative estimate of drug-likeness (QED) is 0.753. The minimum Gasteiger partial charge on any atom is -0.265 e. The first-order valence-corrected chi connectivity index (χ1v) is 6.17. The van der Waals surface area contributed by atoms with E-state index in [4.69, 9.17) is 11.6 Å². The molecule has 0 saturated heterocycles. The normalized spacial score (nSPS) is 11.6. The average Bonchev–Trinajstić information content (AvgIpc) is 2.06. The molecule has 0 unspecified atom stereocenters. The fourth-order valence-electron chi connectivity index (χ4n) is 0.901. The molecule has 0 amide bonds. The molecule has 0 aliphatic heterocycles. The summed E-state index contributed by atoms with van der Waals surface area (Å²) in [5.41, 5.74) is 1.70. The fraction of sp³-hybridized carbons (Fsp3) is 0.333. The van der Waals surface area contributed by atoms with Crippen LogP contribution < -0.4 is 0 Å². The van der Waals surface area contributed by atoms with Crippen LogP contribution in [0.15, 0.2) is 18.2 Å². The zero-order valence-corrected chi connectivity index (χ0v) is 9.52. The smallest absolute Gasteiger partial charge is 0.264 e. The molecule has 1 aromatic rings. The third kappa shape index (κ3) is 3.65. The van der Waals surface area contributed by atoms with Gasteiger partial charge >= 0.3 is 0 Å². The molecular formula is C9H11ClO3S. The van der Waals surface area contributed by atoms with Crippen molar-refractivity contribution in [2.75, 3.05) is 6.26 Å². The van der Waals surface area contributed by atoms with Crippen LogP contribution in [0.2, 0.25) is 5.02 Å². The van der Waals surface area contributed by atoms with Crippen molar-refractivity contribution in [1.82, 2.24) is 0 Å². The molecule has 1 aromatic carbocycles. The molecule has 3 nitrogen and oxygen atoms in total. The highest BCUT2D eigenvalue weighted by molar-refractivity contribution is 7.85. The van der Waals surface area contributed by atoms with Gasteiger partial charge in [-0.25, -0.2) is 0 Å². The van der Waals surface area contributed by atoms with Gasteiger partial charge in [-0.05, 0) is 24.1 Å². The summed E-state index contributed by atoms with van der Waals surface area (Å²) in [5, 5.41) is 0.611. The highest BCUT2D eigenvalue weighted by Gasteiger charge is 2.03. The second-order valence-corrected chi connectivity index (χ2v) is 5.10. The molecule has 0 aliphatic rings. The van der Waals surface area contributed by atoms with Crippen molar-refractivity contribution in [2.45, 2.75) is 13.5 Å². The SMILES string of the molecule is Cc1ccc(COS(C)(=O)=O)cc1Cl. The van der Waals surface area contributed by atoms with Gasteiger partial charge in [-0.1, -0.05) is 23.7 Å². The summed E-state index contributed by atoms with van der Waals surface area (Å²) in [7, 11) is -3.39. The second-order valence-electron chi connectivity index (χ2n) is 3.05. The van der Waals surface area contributed by atoms with E-state index < -0.39 is 10.1 Å². The molecule has 1 rings (SSSR count). The van der Waals surface area contributed by atoms with Crippen molar-refractivity contribution < 1.29 is 12.6 Å². The molecule has 5 heteroatoms. The largest absolute Gasteiger partial charge is 0.265 e. The number of benzene rings is 1. The van der Waals surface area contributed by atoms with Gasteiger partial charge < -0.3 is 0 Å². The van der Waals surface area contributed by atoms with E-state index in [0.29, 0.717) is 5.02 Å². The second kappa shape index (κ2) is 4.29. The van der Waals surface area contributed by atoms with Crippen LogP contribution in [0.1, 0.15) is 11.1 Å². The number of rotatable bonds is 3. The van der Waals surface area contributed by atoms with E-state index in [0.717, 1.165) is 17.4 Å². The summed E-state index contributed by atoms with van der Waals surface area (Å²) < 4.78 is 26.0. The Morgan fingerprint density at radius 3 is 2.57 bits per heavy atom. The van der Waals surface area contributed by atoms with Crippen LogP contribution in [-0.4, -0.2) is 14.7 Å². The zero-order valence-electron chi connectivity index (χ0n) is 7.95. The van der Waals surface area contributed by atoms with Gasteiger partial charge in [0.25, 0.3) is 10.1 Å². The van der Waals surface area contributed by atoms with Crippen LogP contribution in [0.25, 0.3) is 0 Å². The monoisotopic (exact) mass is 234 g/mol. The molecule has 0 spiro atoms. The Bertz CT molecular complexity index is 426. The Hall–Kier alpha value is -0.580. The lowest BCUT2D eigenvalue weighted by atomic mass is 10.2. The molecule has 78 valence electrons. The number of aryl methyl sites for hydroxylation is 1. The van der Waals surface area contributed by atoms with Crippen LogP contribution in [0, 0.1) is 6.92 Å². The summed E-state index contributed by atoms with van der Waals surface area (Å²) in [6.45, 7) is 1.91. The van der Waals surface area contributed by atoms with Crippen molar-refractivity contribution in [3.8, 4) is 0 Å². The number of hydrogen-bond acceptors (Lipinski definition) is 3. The Kier molecular flexibility index (Phi) is 3.53. The number of hydrogen-bond donors (Lipinski definition) is 0. The van der Waals surface area contributed by atoms with Crippen LogP contribution in [0.3, 0.4) is 0 Å². The summed E-state index contributed by atoms with van der Waals surface area (Å²) >= 11 is 5.86. The maximum atomic E-state index is 10.7. The van der Waals surface area contributed by atoms with Gasteiger partial charge in [0.15, 0.2) is 0 Å². The van der Waals surface area contributed by atoms with Crippen LogP contribution >= 0.6 is 11.6 Å². The third-order valence-corrected chi connectivity index (χ3v) is 2.63. The van der Waals surface area contributed by atoms with Crippen LogP contribution in [0.5, 0.6) is 0 Å². The molecule has 0 N–H and O–H groups in total. The molecule has 0 fully saturated rings. The first-order chi connectivity index (χ1) is 6.38. The van der Waals surface area contributed by atoms with Gasteiger partial charge in [-0.2, -0.15) is 8.42 Å². The Morgan fingerprint density at radius 1 is 1.43 bits per heavy atom. The maximum absolute atomic E-state index is 10.7. The van der Waals surface area contributed by atoms with E-state index in [1.54, 1.807) is 12.1 Å². The molecule has 0 aliphatic carbocycles. The summed E-state index contributed by atoms with van der Waals surface area (Å²) in [4.78, 5) is 0. The standard InChI is InChI=1S/C9H11ClO3S/c1-7-3-4-8(5-9(7)10)6-13-14(2,11)12/h3-5H,6H2,1-2H3. The minimum atomic E-state index is -3.39. The van der Waals surface area contributed by atoms with Crippen molar-refractivity contribution in [3.63, 3.8) is 0 Å². The zero-order chi connectivity index (χ0) is 10.8. The molecule has 0 aromatic heterocycles. The van der Waals surface area contributed by atoms with Crippen LogP contribution in [0.4, 0.5) is 0 Å². The molecular weight excluding hydrogens is 224 g/mol. The first kappa shape index (κ1) is 11.5. The average molecular weight is 235 g/mol. The van der Waals surface area contributed by atoms with Crippen molar-refractivity contribution in [2.24, 2.45) is 0 Å². The van der Waals surface area contributed by atoms with E-state index in [1.807, 2.05) is 13.0 Å². The van der Waals surface area contributed by atoms with Gasteiger partial charge in [0, 0.05) is 5.02 Å².